The van der Waals surface area contributed by atoms with E-state index in [0.29, 0.717) is 4.83 Å². The summed E-state index contributed by atoms with van der Waals surface area (Å²) < 4.78 is 11.8. The molecular weight excluding hydrogens is 328 g/mol. The molecule has 0 bridgehead atoms. The van der Waals surface area contributed by atoms with Crippen molar-refractivity contribution in [3.8, 4) is 5.75 Å². The van der Waals surface area contributed by atoms with E-state index in [4.69, 9.17) is 21.1 Å². The van der Waals surface area contributed by atoms with Gasteiger partial charge in [-0.2, -0.15) is 0 Å². The SMILES string of the molecule is CCCOC1C(Br)CC1Oc1ccc(Cl)c(CC)c1. The van der Waals surface area contributed by atoms with Crippen molar-refractivity contribution in [2.75, 3.05) is 6.61 Å². The lowest BCUT2D eigenvalue weighted by Gasteiger charge is -2.41. The molecule has 0 saturated heterocycles. The first kappa shape index (κ1) is 15.1. The van der Waals surface area contributed by atoms with Crippen molar-refractivity contribution in [1.29, 1.82) is 0 Å². The molecule has 1 aliphatic rings. The Balaban J connectivity index is 1.97. The van der Waals surface area contributed by atoms with Crippen molar-refractivity contribution in [2.45, 2.75) is 50.1 Å². The number of aryl methyl sites for hydroxylation is 1. The van der Waals surface area contributed by atoms with Gasteiger partial charge in [0.15, 0.2) is 0 Å². The zero-order chi connectivity index (χ0) is 13.8. The van der Waals surface area contributed by atoms with Gasteiger partial charge in [0.25, 0.3) is 0 Å². The first-order chi connectivity index (χ1) is 9.15. The Hall–Kier alpha value is -0.250. The monoisotopic (exact) mass is 346 g/mol. The molecule has 19 heavy (non-hydrogen) atoms. The summed E-state index contributed by atoms with van der Waals surface area (Å²) in [6.45, 7) is 4.99. The van der Waals surface area contributed by atoms with Crippen molar-refractivity contribution >= 4 is 27.5 Å². The van der Waals surface area contributed by atoms with Crippen LogP contribution in [0.5, 0.6) is 5.75 Å². The van der Waals surface area contributed by atoms with Crippen LogP contribution in [-0.2, 0) is 11.2 Å². The highest BCUT2D eigenvalue weighted by atomic mass is 79.9. The second-order valence-electron chi connectivity index (χ2n) is 4.85. The van der Waals surface area contributed by atoms with Crippen molar-refractivity contribution < 1.29 is 9.47 Å². The van der Waals surface area contributed by atoms with Crippen LogP contribution in [-0.4, -0.2) is 23.6 Å². The molecule has 2 nitrogen and oxygen atoms in total. The second kappa shape index (κ2) is 6.96. The van der Waals surface area contributed by atoms with E-state index in [-0.39, 0.29) is 12.2 Å². The lowest BCUT2D eigenvalue weighted by Crippen LogP contribution is -2.52. The normalized spacial score (nSPS) is 26.0. The van der Waals surface area contributed by atoms with E-state index in [1.165, 1.54) is 0 Å². The van der Waals surface area contributed by atoms with E-state index in [1.807, 2.05) is 18.2 Å². The van der Waals surface area contributed by atoms with E-state index < -0.39 is 0 Å². The zero-order valence-corrected chi connectivity index (χ0v) is 13.7. The predicted molar refractivity (Wildman–Crippen MR) is 82.6 cm³/mol. The minimum atomic E-state index is 0.141. The number of benzene rings is 1. The first-order valence-corrected chi connectivity index (χ1v) is 8.15. The maximum Gasteiger partial charge on any atom is 0.127 e. The molecule has 0 N–H and O–H groups in total. The summed E-state index contributed by atoms with van der Waals surface area (Å²) in [7, 11) is 0. The smallest absolute Gasteiger partial charge is 0.127 e. The number of hydrogen-bond acceptors (Lipinski definition) is 2. The Labute approximate surface area is 128 Å². The average molecular weight is 348 g/mol. The summed E-state index contributed by atoms with van der Waals surface area (Å²) in [6, 6.07) is 5.86. The van der Waals surface area contributed by atoms with Crippen molar-refractivity contribution in [3.05, 3.63) is 28.8 Å². The van der Waals surface area contributed by atoms with E-state index in [9.17, 15) is 0 Å². The molecule has 0 aliphatic heterocycles. The van der Waals surface area contributed by atoms with Gasteiger partial charge < -0.3 is 9.47 Å². The third-order valence-corrected chi connectivity index (χ3v) is 4.64. The molecule has 0 radical (unpaired) electrons. The summed E-state index contributed by atoms with van der Waals surface area (Å²) in [5.74, 6) is 0.885. The largest absolute Gasteiger partial charge is 0.488 e. The van der Waals surface area contributed by atoms with Gasteiger partial charge in [-0.3, -0.25) is 0 Å². The molecule has 0 spiro atoms. The predicted octanol–water partition coefficient (Wildman–Crippen LogP) is 4.61. The van der Waals surface area contributed by atoms with Gasteiger partial charge in [0, 0.05) is 22.9 Å². The molecule has 0 aromatic heterocycles. The van der Waals surface area contributed by atoms with Crippen LogP contribution in [0.15, 0.2) is 18.2 Å². The fraction of sp³-hybridized carbons (Fsp3) is 0.600. The number of ether oxygens (including phenoxy) is 2. The molecule has 4 heteroatoms. The summed E-state index contributed by atoms with van der Waals surface area (Å²) in [5, 5.41) is 0.806. The molecule has 2 rings (SSSR count). The third kappa shape index (κ3) is 3.65. The Kier molecular flexibility index (Phi) is 5.55. The van der Waals surface area contributed by atoms with Crippen molar-refractivity contribution in [2.24, 2.45) is 0 Å². The highest BCUT2D eigenvalue weighted by Gasteiger charge is 2.42. The van der Waals surface area contributed by atoms with E-state index in [1.54, 1.807) is 0 Å². The third-order valence-electron chi connectivity index (χ3n) is 3.38. The van der Waals surface area contributed by atoms with Crippen LogP contribution in [0.4, 0.5) is 0 Å². The fourth-order valence-electron chi connectivity index (χ4n) is 2.18. The molecule has 106 valence electrons. The molecule has 3 atom stereocenters. The van der Waals surface area contributed by atoms with Gasteiger partial charge in [-0.1, -0.05) is 41.4 Å². The molecule has 1 saturated carbocycles. The van der Waals surface area contributed by atoms with Gasteiger partial charge in [-0.15, -0.1) is 0 Å². The Morgan fingerprint density at radius 1 is 1.37 bits per heavy atom. The molecular formula is C15H20BrClO2. The van der Waals surface area contributed by atoms with Crippen LogP contribution < -0.4 is 4.74 Å². The fourth-order valence-corrected chi connectivity index (χ4v) is 3.29. The highest BCUT2D eigenvalue weighted by molar-refractivity contribution is 9.09. The Morgan fingerprint density at radius 3 is 2.79 bits per heavy atom. The number of hydrogen-bond donors (Lipinski definition) is 0. The van der Waals surface area contributed by atoms with Crippen LogP contribution in [0, 0.1) is 0 Å². The molecule has 1 aromatic carbocycles. The lowest BCUT2D eigenvalue weighted by atomic mass is 9.91. The maximum absolute atomic E-state index is 6.11. The van der Waals surface area contributed by atoms with E-state index in [0.717, 1.165) is 42.2 Å². The van der Waals surface area contributed by atoms with Gasteiger partial charge in [-0.25, -0.2) is 0 Å². The molecule has 0 amide bonds. The standard InChI is InChI=1S/C15H20BrClO2/c1-3-7-18-15-12(16)9-14(15)19-11-5-6-13(17)10(4-2)8-11/h5-6,8,12,14-15H,3-4,7,9H2,1-2H3. The molecule has 1 aromatic rings. The lowest BCUT2D eigenvalue weighted by molar-refractivity contribution is -0.0762. The molecule has 0 heterocycles. The topological polar surface area (TPSA) is 18.5 Å². The average Bonchev–Trinajstić information content (AvgIpc) is 2.40. The molecule has 3 unspecified atom stereocenters. The molecule has 1 fully saturated rings. The quantitative estimate of drug-likeness (QED) is 0.700. The van der Waals surface area contributed by atoms with Gasteiger partial charge in [-0.05, 0) is 36.6 Å². The number of alkyl halides is 1. The summed E-state index contributed by atoms with van der Waals surface area (Å²) >= 11 is 9.74. The summed E-state index contributed by atoms with van der Waals surface area (Å²) in [5.41, 5.74) is 1.12. The Morgan fingerprint density at radius 2 is 2.16 bits per heavy atom. The highest BCUT2D eigenvalue weighted by Crippen LogP contribution is 2.35. The van der Waals surface area contributed by atoms with Crippen LogP contribution in [0.2, 0.25) is 5.02 Å². The minimum Gasteiger partial charge on any atom is -0.488 e. The van der Waals surface area contributed by atoms with Crippen LogP contribution in [0.1, 0.15) is 32.3 Å². The van der Waals surface area contributed by atoms with Gasteiger partial charge >= 0.3 is 0 Å². The van der Waals surface area contributed by atoms with E-state index in [2.05, 4.69) is 29.8 Å². The maximum atomic E-state index is 6.11. The summed E-state index contributed by atoms with van der Waals surface area (Å²) in [6.07, 6.45) is 3.22. The summed E-state index contributed by atoms with van der Waals surface area (Å²) in [4.78, 5) is 0.405. The van der Waals surface area contributed by atoms with E-state index >= 15 is 0 Å². The Bertz CT molecular complexity index is 425. The second-order valence-corrected chi connectivity index (χ2v) is 6.43. The van der Waals surface area contributed by atoms with Gasteiger partial charge in [0.2, 0.25) is 0 Å². The molecule has 1 aliphatic carbocycles. The van der Waals surface area contributed by atoms with Crippen molar-refractivity contribution in [3.63, 3.8) is 0 Å². The first-order valence-electron chi connectivity index (χ1n) is 6.86. The van der Waals surface area contributed by atoms with Gasteiger partial charge in [0.05, 0.1) is 0 Å². The van der Waals surface area contributed by atoms with Crippen LogP contribution in [0.3, 0.4) is 0 Å². The zero-order valence-electron chi connectivity index (χ0n) is 11.4. The van der Waals surface area contributed by atoms with Gasteiger partial charge in [0.1, 0.15) is 18.0 Å². The number of rotatable bonds is 6. The van der Waals surface area contributed by atoms with Crippen molar-refractivity contribution in [1.82, 2.24) is 0 Å². The number of halogens is 2. The van der Waals surface area contributed by atoms with Crippen LogP contribution >= 0.6 is 27.5 Å². The minimum absolute atomic E-state index is 0.141. The van der Waals surface area contributed by atoms with Crippen LogP contribution in [0.25, 0.3) is 0 Å².